The van der Waals surface area contributed by atoms with Gasteiger partial charge in [-0.25, -0.2) is 4.98 Å². The standard InChI is InChI=1S/C23H26N4O5/c1-13(2)27-12-19-20(25-27)17(28)11-23(32-19)5-7-26(8-6-23)22(29)15-9-16-21(18(10-15)30-4)31-14(3)24-16/h9-10,12-13H,5-8,11H2,1-4H3. The van der Waals surface area contributed by atoms with Crippen LogP contribution in [0.4, 0.5) is 0 Å². The van der Waals surface area contributed by atoms with Crippen LogP contribution in [0.25, 0.3) is 11.1 Å². The third kappa shape index (κ3) is 3.32. The average Bonchev–Trinajstić information content (AvgIpc) is 3.36. The van der Waals surface area contributed by atoms with Crippen molar-refractivity contribution in [3.05, 3.63) is 35.5 Å². The first-order valence-electron chi connectivity index (χ1n) is 10.8. The highest BCUT2D eigenvalue weighted by Gasteiger charge is 2.45. The fraction of sp³-hybridized carbons (Fsp3) is 0.478. The molecule has 0 atom stereocenters. The summed E-state index contributed by atoms with van der Waals surface area (Å²) in [6.07, 6.45) is 3.26. The molecule has 168 valence electrons. The van der Waals surface area contributed by atoms with Crippen molar-refractivity contribution >= 4 is 22.8 Å². The molecule has 0 saturated carbocycles. The van der Waals surface area contributed by atoms with E-state index in [4.69, 9.17) is 13.9 Å². The van der Waals surface area contributed by atoms with Gasteiger partial charge in [0.1, 0.15) is 11.1 Å². The molecule has 0 aliphatic carbocycles. The molecule has 1 fully saturated rings. The van der Waals surface area contributed by atoms with Crippen molar-refractivity contribution in [3.63, 3.8) is 0 Å². The van der Waals surface area contributed by atoms with Gasteiger partial charge in [0, 0.05) is 44.5 Å². The lowest BCUT2D eigenvalue weighted by Gasteiger charge is -2.43. The number of rotatable bonds is 3. The second kappa shape index (κ2) is 7.36. The number of likely N-dealkylation sites (tertiary alicyclic amines) is 1. The van der Waals surface area contributed by atoms with Gasteiger partial charge >= 0.3 is 0 Å². The summed E-state index contributed by atoms with van der Waals surface area (Å²) >= 11 is 0. The van der Waals surface area contributed by atoms with E-state index in [9.17, 15) is 9.59 Å². The lowest BCUT2D eigenvalue weighted by atomic mass is 9.83. The van der Waals surface area contributed by atoms with Gasteiger partial charge in [0.05, 0.1) is 19.7 Å². The molecule has 1 spiro atoms. The quantitative estimate of drug-likeness (QED) is 0.616. The predicted octanol–water partition coefficient (Wildman–Crippen LogP) is 3.56. The van der Waals surface area contributed by atoms with Crippen LogP contribution in [-0.2, 0) is 0 Å². The summed E-state index contributed by atoms with van der Waals surface area (Å²) in [5.41, 5.74) is 1.45. The topological polar surface area (TPSA) is 99.7 Å². The zero-order chi connectivity index (χ0) is 22.6. The molecule has 5 rings (SSSR count). The maximum Gasteiger partial charge on any atom is 0.254 e. The second-order valence-electron chi connectivity index (χ2n) is 8.85. The summed E-state index contributed by atoms with van der Waals surface area (Å²) in [6, 6.07) is 3.57. The molecule has 2 aliphatic rings. The van der Waals surface area contributed by atoms with Crippen molar-refractivity contribution in [2.24, 2.45) is 0 Å². The SMILES string of the molecule is COc1cc(C(=O)N2CCC3(CC2)CC(=O)c2nn(C(C)C)cc2O3)cc2nc(C)oc12. The number of methoxy groups -OCH3 is 1. The number of Topliss-reactive ketones (excluding diaryl/α,β-unsaturated/α-hetero) is 1. The van der Waals surface area contributed by atoms with Crippen molar-refractivity contribution in [1.82, 2.24) is 19.7 Å². The first kappa shape index (κ1) is 20.5. The highest BCUT2D eigenvalue weighted by atomic mass is 16.5. The normalized spacial score (nSPS) is 17.7. The fourth-order valence-corrected chi connectivity index (χ4v) is 4.52. The number of nitrogens with zero attached hydrogens (tertiary/aromatic N) is 4. The Morgan fingerprint density at radius 1 is 1.25 bits per heavy atom. The van der Waals surface area contributed by atoms with Crippen LogP contribution in [0.15, 0.2) is 22.7 Å². The summed E-state index contributed by atoms with van der Waals surface area (Å²) in [7, 11) is 1.54. The van der Waals surface area contributed by atoms with Gasteiger partial charge < -0.3 is 18.8 Å². The molecule has 9 nitrogen and oxygen atoms in total. The van der Waals surface area contributed by atoms with Crippen LogP contribution in [-0.4, -0.2) is 57.2 Å². The van der Waals surface area contributed by atoms with E-state index in [2.05, 4.69) is 10.1 Å². The van der Waals surface area contributed by atoms with Gasteiger partial charge in [-0.1, -0.05) is 0 Å². The number of aromatic nitrogens is 3. The van der Waals surface area contributed by atoms with Gasteiger partial charge in [0.15, 0.2) is 34.4 Å². The number of oxazole rings is 1. The summed E-state index contributed by atoms with van der Waals surface area (Å²) in [4.78, 5) is 32.1. The molecule has 1 aromatic carbocycles. The van der Waals surface area contributed by atoms with E-state index < -0.39 is 5.60 Å². The lowest BCUT2D eigenvalue weighted by Crippen LogP contribution is -2.52. The highest BCUT2D eigenvalue weighted by molar-refractivity contribution is 5.99. The molecule has 3 aromatic rings. The molecule has 0 bridgehead atoms. The first-order valence-corrected chi connectivity index (χ1v) is 10.8. The van der Waals surface area contributed by atoms with E-state index in [1.165, 1.54) is 0 Å². The van der Waals surface area contributed by atoms with Gasteiger partial charge in [-0.15, -0.1) is 0 Å². The highest BCUT2D eigenvalue weighted by Crippen LogP contribution is 2.39. The van der Waals surface area contributed by atoms with Crippen LogP contribution in [0.1, 0.15) is 65.9 Å². The average molecular weight is 438 g/mol. The van der Waals surface area contributed by atoms with Crippen LogP contribution >= 0.6 is 0 Å². The Bertz CT molecular complexity index is 1220. The molecular weight excluding hydrogens is 412 g/mol. The van der Waals surface area contributed by atoms with Crippen LogP contribution < -0.4 is 9.47 Å². The Labute approximate surface area is 185 Å². The molecule has 1 amide bonds. The number of fused-ring (bicyclic) bond motifs is 2. The molecule has 2 aromatic heterocycles. The predicted molar refractivity (Wildman–Crippen MR) is 115 cm³/mol. The number of amides is 1. The largest absolute Gasteiger partial charge is 0.493 e. The van der Waals surface area contributed by atoms with Crippen LogP contribution in [0.3, 0.4) is 0 Å². The maximum atomic E-state index is 13.2. The van der Waals surface area contributed by atoms with Crippen molar-refractivity contribution in [2.45, 2.75) is 51.7 Å². The van der Waals surface area contributed by atoms with E-state index in [1.54, 1.807) is 41.9 Å². The van der Waals surface area contributed by atoms with Crippen molar-refractivity contribution in [1.29, 1.82) is 0 Å². The molecule has 0 unspecified atom stereocenters. The molecule has 4 heterocycles. The van der Waals surface area contributed by atoms with Gasteiger partial charge in [0.2, 0.25) is 0 Å². The number of ether oxygens (including phenoxy) is 2. The molecule has 0 N–H and O–H groups in total. The number of piperidine rings is 1. The number of benzene rings is 1. The summed E-state index contributed by atoms with van der Waals surface area (Å²) in [5.74, 6) is 1.45. The number of hydrogen-bond acceptors (Lipinski definition) is 7. The van der Waals surface area contributed by atoms with Crippen LogP contribution in [0, 0.1) is 6.92 Å². The number of aryl methyl sites for hydroxylation is 1. The van der Waals surface area contributed by atoms with E-state index in [1.807, 2.05) is 13.8 Å². The Morgan fingerprint density at radius 3 is 2.69 bits per heavy atom. The number of hydrogen-bond donors (Lipinski definition) is 0. The molecule has 9 heteroatoms. The monoisotopic (exact) mass is 438 g/mol. The Hall–Kier alpha value is -3.36. The molecule has 2 aliphatic heterocycles. The van der Waals surface area contributed by atoms with E-state index in [-0.39, 0.29) is 24.2 Å². The Morgan fingerprint density at radius 2 is 2.00 bits per heavy atom. The summed E-state index contributed by atoms with van der Waals surface area (Å²) in [6.45, 7) is 6.77. The van der Waals surface area contributed by atoms with Crippen LogP contribution in [0.2, 0.25) is 0 Å². The second-order valence-corrected chi connectivity index (χ2v) is 8.85. The molecule has 1 saturated heterocycles. The third-order valence-electron chi connectivity index (χ3n) is 6.29. The Balaban J connectivity index is 1.34. The smallest absolute Gasteiger partial charge is 0.254 e. The van der Waals surface area contributed by atoms with E-state index in [0.29, 0.717) is 65.7 Å². The zero-order valence-electron chi connectivity index (χ0n) is 18.7. The minimum absolute atomic E-state index is 0.00187. The minimum Gasteiger partial charge on any atom is -0.493 e. The summed E-state index contributed by atoms with van der Waals surface area (Å²) < 4.78 is 19.1. The number of carbonyl (C=O) groups is 2. The number of ketones is 1. The van der Waals surface area contributed by atoms with Crippen LogP contribution in [0.5, 0.6) is 11.5 Å². The van der Waals surface area contributed by atoms with Gasteiger partial charge in [-0.2, -0.15) is 5.10 Å². The number of carbonyl (C=O) groups excluding carboxylic acids is 2. The minimum atomic E-state index is -0.587. The zero-order valence-corrected chi connectivity index (χ0v) is 18.7. The fourth-order valence-electron chi connectivity index (χ4n) is 4.52. The molecule has 32 heavy (non-hydrogen) atoms. The lowest BCUT2D eigenvalue weighted by molar-refractivity contribution is -0.00584. The van der Waals surface area contributed by atoms with Crippen molar-refractivity contribution < 1.29 is 23.5 Å². The van der Waals surface area contributed by atoms with Gasteiger partial charge in [0.25, 0.3) is 5.91 Å². The van der Waals surface area contributed by atoms with Crippen molar-refractivity contribution in [2.75, 3.05) is 20.2 Å². The van der Waals surface area contributed by atoms with E-state index in [0.717, 1.165) is 0 Å². The van der Waals surface area contributed by atoms with Crippen molar-refractivity contribution in [3.8, 4) is 11.5 Å². The van der Waals surface area contributed by atoms with Gasteiger partial charge in [-0.05, 0) is 26.0 Å². The van der Waals surface area contributed by atoms with Gasteiger partial charge in [-0.3, -0.25) is 14.3 Å². The van der Waals surface area contributed by atoms with E-state index >= 15 is 0 Å². The first-order chi connectivity index (χ1) is 15.3. The molecule has 0 radical (unpaired) electrons. The maximum absolute atomic E-state index is 13.2. The summed E-state index contributed by atoms with van der Waals surface area (Å²) in [5, 5.41) is 4.39. The third-order valence-corrected chi connectivity index (χ3v) is 6.29. The Kier molecular flexibility index (Phi) is 4.72. The molecular formula is C23H26N4O5.